The fourth-order valence-electron chi connectivity index (χ4n) is 1.68. The van der Waals surface area contributed by atoms with Crippen molar-refractivity contribution >= 4 is 11.8 Å². The molecule has 1 rings (SSSR count). The first-order chi connectivity index (χ1) is 6.08. The van der Waals surface area contributed by atoms with Crippen molar-refractivity contribution in [2.45, 2.75) is 18.9 Å². The van der Waals surface area contributed by atoms with E-state index in [9.17, 15) is 10.2 Å². The van der Waals surface area contributed by atoms with Crippen molar-refractivity contribution in [3.8, 4) is 0 Å². The van der Waals surface area contributed by atoms with Gasteiger partial charge in [0.15, 0.2) is 0 Å². The minimum Gasteiger partial charge on any atom is -0.396 e. The molecule has 13 heavy (non-hydrogen) atoms. The smallest absolute Gasteiger partial charge is 0.0842 e. The maximum Gasteiger partial charge on any atom is 0.0842 e. The molecule has 78 valence electrons. The summed E-state index contributed by atoms with van der Waals surface area (Å²) in [5, 5.41) is 19.6. The van der Waals surface area contributed by atoms with Crippen molar-refractivity contribution in [1.29, 1.82) is 0 Å². The third kappa shape index (κ3) is 2.01. The molecule has 1 aliphatic rings. The molecule has 0 aliphatic carbocycles. The van der Waals surface area contributed by atoms with E-state index in [-0.39, 0.29) is 6.61 Å². The van der Waals surface area contributed by atoms with Crippen molar-refractivity contribution in [2.75, 3.05) is 31.8 Å². The van der Waals surface area contributed by atoms with Crippen LogP contribution in [-0.2, 0) is 4.74 Å². The lowest BCUT2D eigenvalue weighted by Crippen LogP contribution is -2.51. The molecule has 1 aliphatic heterocycles. The number of rotatable bonds is 4. The van der Waals surface area contributed by atoms with Crippen molar-refractivity contribution < 1.29 is 14.9 Å². The molecule has 1 heterocycles. The highest BCUT2D eigenvalue weighted by molar-refractivity contribution is 7.99. The third-order valence-electron chi connectivity index (χ3n) is 2.94. The molecular formula is C9H18O3S. The van der Waals surface area contributed by atoms with E-state index in [4.69, 9.17) is 4.74 Å². The van der Waals surface area contributed by atoms with Crippen LogP contribution in [0.4, 0.5) is 0 Å². The Bertz CT molecular complexity index is 168. The third-order valence-corrected chi connectivity index (χ3v) is 4.11. The second-order valence-corrected chi connectivity index (χ2v) is 5.09. The number of methoxy groups -OCH3 is 1. The highest BCUT2D eigenvalue weighted by Gasteiger charge is 2.48. The van der Waals surface area contributed by atoms with Gasteiger partial charge in [0.25, 0.3) is 0 Å². The maximum atomic E-state index is 10.3. The minimum absolute atomic E-state index is 0.0299. The Morgan fingerprint density at radius 2 is 2.31 bits per heavy atom. The highest BCUT2D eigenvalue weighted by atomic mass is 32.2. The van der Waals surface area contributed by atoms with E-state index >= 15 is 0 Å². The van der Waals surface area contributed by atoms with Crippen molar-refractivity contribution in [3.05, 3.63) is 0 Å². The van der Waals surface area contributed by atoms with Gasteiger partial charge in [-0.25, -0.2) is 0 Å². The van der Waals surface area contributed by atoms with Gasteiger partial charge in [0.05, 0.1) is 18.8 Å². The molecular weight excluding hydrogens is 188 g/mol. The van der Waals surface area contributed by atoms with E-state index in [0.29, 0.717) is 12.4 Å². The number of thioether (sulfide) groups is 1. The lowest BCUT2D eigenvalue weighted by Gasteiger charge is -2.40. The predicted molar refractivity (Wildman–Crippen MR) is 54.0 cm³/mol. The van der Waals surface area contributed by atoms with Gasteiger partial charge in [-0.1, -0.05) is 6.92 Å². The molecule has 0 aromatic rings. The second kappa shape index (κ2) is 4.17. The largest absolute Gasteiger partial charge is 0.396 e. The van der Waals surface area contributed by atoms with Crippen LogP contribution in [0.25, 0.3) is 0 Å². The number of aliphatic hydroxyl groups excluding tert-OH is 1. The summed E-state index contributed by atoms with van der Waals surface area (Å²) in [7, 11) is 1.60. The summed E-state index contributed by atoms with van der Waals surface area (Å²) >= 11 is 1.73. The number of ether oxygens (including phenoxy) is 1. The SMILES string of the molecule is COCC(C)(CO)C1(O)CCSC1. The van der Waals surface area contributed by atoms with Crippen molar-refractivity contribution in [2.24, 2.45) is 5.41 Å². The van der Waals surface area contributed by atoms with E-state index in [1.807, 2.05) is 6.92 Å². The Kier molecular flexibility index (Phi) is 3.63. The van der Waals surface area contributed by atoms with E-state index < -0.39 is 11.0 Å². The van der Waals surface area contributed by atoms with Gasteiger partial charge in [-0.2, -0.15) is 11.8 Å². The molecule has 3 nitrogen and oxygen atoms in total. The van der Waals surface area contributed by atoms with Crippen LogP contribution in [0, 0.1) is 5.41 Å². The van der Waals surface area contributed by atoms with Crippen LogP contribution in [0.5, 0.6) is 0 Å². The van der Waals surface area contributed by atoms with Crippen LogP contribution >= 0.6 is 11.8 Å². The van der Waals surface area contributed by atoms with Gasteiger partial charge in [-0.05, 0) is 12.2 Å². The summed E-state index contributed by atoms with van der Waals surface area (Å²) in [5.74, 6) is 1.67. The zero-order valence-corrected chi connectivity index (χ0v) is 9.06. The second-order valence-electron chi connectivity index (χ2n) is 3.99. The average molecular weight is 206 g/mol. The lowest BCUT2D eigenvalue weighted by atomic mass is 9.74. The van der Waals surface area contributed by atoms with Gasteiger partial charge in [-0.3, -0.25) is 0 Å². The standard InChI is InChI=1S/C9H18O3S/c1-8(5-10,6-12-2)9(11)3-4-13-7-9/h10-11H,3-7H2,1-2H3. The number of hydrogen-bond acceptors (Lipinski definition) is 4. The molecule has 0 spiro atoms. The predicted octanol–water partition coefficient (Wildman–Crippen LogP) is 0.499. The van der Waals surface area contributed by atoms with Crippen molar-refractivity contribution in [1.82, 2.24) is 0 Å². The van der Waals surface area contributed by atoms with E-state index in [1.165, 1.54) is 0 Å². The van der Waals surface area contributed by atoms with Gasteiger partial charge in [0, 0.05) is 18.3 Å². The Hall–Kier alpha value is 0.230. The van der Waals surface area contributed by atoms with Crippen LogP contribution in [0.3, 0.4) is 0 Å². The molecule has 0 radical (unpaired) electrons. The number of hydrogen-bond donors (Lipinski definition) is 2. The van der Waals surface area contributed by atoms with Gasteiger partial charge in [0.1, 0.15) is 0 Å². The summed E-state index contributed by atoms with van der Waals surface area (Å²) in [6.07, 6.45) is 0.748. The van der Waals surface area contributed by atoms with Gasteiger partial charge in [0.2, 0.25) is 0 Å². The van der Waals surface area contributed by atoms with Crippen LogP contribution < -0.4 is 0 Å². The van der Waals surface area contributed by atoms with Crippen LogP contribution in [-0.4, -0.2) is 47.6 Å². The van der Waals surface area contributed by atoms with Crippen LogP contribution in [0.1, 0.15) is 13.3 Å². The molecule has 0 aromatic heterocycles. The summed E-state index contributed by atoms with van der Waals surface area (Å²) in [6.45, 7) is 2.25. The van der Waals surface area contributed by atoms with Crippen molar-refractivity contribution in [3.63, 3.8) is 0 Å². The summed E-state index contributed by atoms with van der Waals surface area (Å²) in [4.78, 5) is 0. The first-order valence-corrected chi connectivity index (χ1v) is 5.63. The molecule has 0 amide bonds. The Morgan fingerprint density at radius 1 is 1.62 bits per heavy atom. The molecule has 0 bridgehead atoms. The fourth-order valence-corrected chi connectivity index (χ4v) is 3.13. The average Bonchev–Trinajstić information content (AvgIpc) is 2.54. The quantitative estimate of drug-likeness (QED) is 0.703. The topological polar surface area (TPSA) is 49.7 Å². The zero-order chi connectivity index (χ0) is 9.95. The highest BCUT2D eigenvalue weighted by Crippen LogP contribution is 2.41. The van der Waals surface area contributed by atoms with E-state index in [0.717, 1.165) is 12.2 Å². The first-order valence-electron chi connectivity index (χ1n) is 4.48. The molecule has 1 saturated heterocycles. The molecule has 2 atom stereocenters. The molecule has 0 saturated carbocycles. The monoisotopic (exact) mass is 206 g/mol. The molecule has 4 heteroatoms. The molecule has 1 fully saturated rings. The summed E-state index contributed by atoms with van der Waals surface area (Å²) in [6, 6.07) is 0. The summed E-state index contributed by atoms with van der Waals surface area (Å²) < 4.78 is 5.05. The molecule has 2 unspecified atom stereocenters. The maximum absolute atomic E-state index is 10.3. The first kappa shape index (κ1) is 11.3. The van der Waals surface area contributed by atoms with Gasteiger partial charge in [-0.15, -0.1) is 0 Å². The normalized spacial score (nSPS) is 33.2. The van der Waals surface area contributed by atoms with Gasteiger partial charge >= 0.3 is 0 Å². The van der Waals surface area contributed by atoms with E-state index in [1.54, 1.807) is 18.9 Å². The molecule has 0 aromatic carbocycles. The van der Waals surface area contributed by atoms with Crippen LogP contribution in [0.15, 0.2) is 0 Å². The Labute approximate surface area is 83.5 Å². The Morgan fingerprint density at radius 3 is 2.69 bits per heavy atom. The minimum atomic E-state index is -0.761. The van der Waals surface area contributed by atoms with E-state index in [2.05, 4.69) is 0 Å². The fraction of sp³-hybridized carbons (Fsp3) is 1.00. The van der Waals surface area contributed by atoms with Gasteiger partial charge < -0.3 is 14.9 Å². The molecule has 2 N–H and O–H groups in total. The Balaban J connectivity index is 2.73. The van der Waals surface area contributed by atoms with Crippen LogP contribution in [0.2, 0.25) is 0 Å². The zero-order valence-electron chi connectivity index (χ0n) is 8.25. The lowest BCUT2D eigenvalue weighted by molar-refractivity contribution is -0.112. The number of aliphatic hydroxyl groups is 2. The summed E-state index contributed by atoms with van der Waals surface area (Å²) in [5.41, 5.74) is -1.28.